The van der Waals surface area contributed by atoms with E-state index >= 15 is 0 Å². The molecule has 0 bridgehead atoms. The van der Waals surface area contributed by atoms with Gasteiger partial charge in [0.15, 0.2) is 0 Å². The molecule has 9 heteroatoms. The molecule has 0 aromatic heterocycles. The summed E-state index contributed by atoms with van der Waals surface area (Å²) in [6, 6.07) is 0. The molecular formula is C36H74K3O5P. The minimum atomic E-state index is -5.39. The second-order valence-electron chi connectivity index (χ2n) is 13.6. The normalized spacial score (nSPS) is 11.0. The zero-order valence-electron chi connectivity index (χ0n) is 31.9. The third-order valence-corrected chi connectivity index (χ3v) is 8.14. The fraction of sp³-hybridized carbons (Fsp3) is 1.00. The number of phosphoric acid groups is 1. The Hall–Kier alpha value is 4.98. The van der Waals surface area contributed by atoms with Gasteiger partial charge in [-0.2, -0.15) is 7.82 Å². The first-order valence-electron chi connectivity index (χ1n) is 18.4. The van der Waals surface area contributed by atoms with Crippen LogP contribution in [0.15, 0.2) is 0 Å². The molecule has 0 heterocycles. The van der Waals surface area contributed by atoms with Gasteiger partial charge in [0.2, 0.25) is 0 Å². The van der Waals surface area contributed by atoms with Crippen LogP contribution in [0.25, 0.3) is 0 Å². The zero-order chi connectivity index (χ0) is 31.6. The van der Waals surface area contributed by atoms with Crippen molar-refractivity contribution in [3.05, 3.63) is 0 Å². The first-order chi connectivity index (χ1) is 20.1. The van der Waals surface area contributed by atoms with E-state index in [1.807, 2.05) is 0 Å². The Balaban J connectivity index is -0.000000613. The summed E-state index contributed by atoms with van der Waals surface area (Å²) in [6.45, 7) is 11.4. The molecule has 0 radical (unpaired) electrons. The number of unbranched alkanes of at least 4 members (excludes halogenated alkanes) is 24. The van der Waals surface area contributed by atoms with Crippen molar-refractivity contribution in [2.24, 2.45) is 11.8 Å². The molecule has 0 spiro atoms. The summed E-state index contributed by atoms with van der Waals surface area (Å²) in [7, 11) is -5.39. The number of hydrogen-bond acceptors (Lipinski definition) is 5. The monoisotopic (exact) mass is 734 g/mol. The maximum Gasteiger partial charge on any atom is 1.00 e. The van der Waals surface area contributed by atoms with Crippen LogP contribution in [0.5, 0.6) is 0 Å². The quantitative estimate of drug-likeness (QED) is 0.0593. The standard InChI is InChI=1S/C36H74O.3K.H3O4P/c1-35(2)31-27-23-19-15-11-7-5-9-13-17-21-25-29-33-37-34-30-26-22-18-14-10-6-8-12-16-20-24-28-32-36(3)4;;;;1-5(2,3)4/h35-36H,5-34H2,1-4H3;;;;(H3,1,2,3,4)/q;3*+1;/p-3. The average molecular weight is 735 g/mol. The fourth-order valence-corrected chi connectivity index (χ4v) is 5.50. The van der Waals surface area contributed by atoms with Crippen LogP contribution < -0.4 is 169 Å². The summed E-state index contributed by atoms with van der Waals surface area (Å²) in [5.74, 6) is 1.78. The predicted octanol–water partition coefficient (Wildman–Crippen LogP) is 1.43. The molecule has 256 valence electrons. The van der Waals surface area contributed by atoms with Crippen LogP contribution in [0.4, 0.5) is 0 Å². The first-order valence-corrected chi connectivity index (χ1v) is 19.9. The van der Waals surface area contributed by atoms with Crippen LogP contribution in [0.2, 0.25) is 0 Å². The molecule has 45 heavy (non-hydrogen) atoms. The largest absolute Gasteiger partial charge is 1.00 e. The molecule has 0 aliphatic rings. The molecule has 0 aliphatic carbocycles. The molecule has 0 saturated carbocycles. The first kappa shape index (κ1) is 59.3. The van der Waals surface area contributed by atoms with E-state index < -0.39 is 7.82 Å². The molecule has 0 aromatic rings. The maximum absolute atomic E-state index is 8.55. The van der Waals surface area contributed by atoms with Crippen molar-refractivity contribution in [2.45, 2.75) is 207 Å². The molecule has 0 atom stereocenters. The van der Waals surface area contributed by atoms with Crippen molar-refractivity contribution in [1.29, 1.82) is 0 Å². The summed E-state index contributed by atoms with van der Waals surface area (Å²) < 4.78 is 14.4. The van der Waals surface area contributed by atoms with Gasteiger partial charge < -0.3 is 24.0 Å². The van der Waals surface area contributed by atoms with Gasteiger partial charge in [0.05, 0.1) is 0 Å². The fourth-order valence-electron chi connectivity index (χ4n) is 5.50. The number of rotatable bonds is 32. The molecule has 0 N–H and O–H groups in total. The minimum absolute atomic E-state index is 0. The molecule has 0 unspecified atom stereocenters. The van der Waals surface area contributed by atoms with Gasteiger partial charge in [0.1, 0.15) is 0 Å². The molecule has 0 saturated heterocycles. The molecule has 0 amide bonds. The van der Waals surface area contributed by atoms with Gasteiger partial charge in [-0.15, -0.1) is 0 Å². The van der Waals surface area contributed by atoms with E-state index in [-0.39, 0.29) is 154 Å². The van der Waals surface area contributed by atoms with E-state index in [0.717, 1.165) is 25.0 Å². The third-order valence-electron chi connectivity index (χ3n) is 8.14. The van der Waals surface area contributed by atoms with Gasteiger partial charge in [-0.05, 0) is 24.7 Å². The van der Waals surface area contributed by atoms with Crippen LogP contribution in [0.1, 0.15) is 207 Å². The summed E-state index contributed by atoms with van der Waals surface area (Å²) in [4.78, 5) is 25.6. The van der Waals surface area contributed by atoms with Gasteiger partial charge >= 0.3 is 154 Å². The Morgan fingerprint density at radius 1 is 0.378 bits per heavy atom. The Morgan fingerprint density at radius 3 is 0.711 bits per heavy atom. The van der Waals surface area contributed by atoms with Gasteiger partial charge in [-0.1, -0.05) is 195 Å². The molecule has 0 aromatic carbocycles. The summed E-state index contributed by atoms with van der Waals surface area (Å²) >= 11 is 0. The molecule has 5 nitrogen and oxygen atoms in total. The van der Waals surface area contributed by atoms with Crippen molar-refractivity contribution in [2.75, 3.05) is 13.2 Å². The summed E-state index contributed by atoms with van der Waals surface area (Å²) in [5, 5.41) is 0. The van der Waals surface area contributed by atoms with Crippen molar-refractivity contribution in [1.82, 2.24) is 0 Å². The van der Waals surface area contributed by atoms with Crippen molar-refractivity contribution < 1.29 is 178 Å². The van der Waals surface area contributed by atoms with Crippen molar-refractivity contribution >= 4 is 7.82 Å². The third kappa shape index (κ3) is 71.1. The van der Waals surface area contributed by atoms with E-state index in [4.69, 9.17) is 24.0 Å². The average Bonchev–Trinajstić information content (AvgIpc) is 2.90. The van der Waals surface area contributed by atoms with Crippen LogP contribution in [0, 0.1) is 11.8 Å². The Bertz CT molecular complexity index is 507. The van der Waals surface area contributed by atoms with Gasteiger partial charge in [-0.3, -0.25) is 0 Å². The summed E-state index contributed by atoms with van der Waals surface area (Å²) in [6.07, 6.45) is 40.2. The Kier molecular flexibility index (Phi) is 64.5. The van der Waals surface area contributed by atoms with E-state index in [9.17, 15) is 0 Å². The van der Waals surface area contributed by atoms with Crippen LogP contribution in [0.3, 0.4) is 0 Å². The van der Waals surface area contributed by atoms with Crippen LogP contribution in [-0.2, 0) is 9.30 Å². The van der Waals surface area contributed by atoms with Crippen LogP contribution in [-0.4, -0.2) is 13.2 Å². The van der Waals surface area contributed by atoms with Gasteiger partial charge in [0, 0.05) is 13.2 Å². The molecule has 0 rings (SSSR count). The molecule has 0 aliphatic heterocycles. The minimum Gasteiger partial charge on any atom is -0.822 e. The number of hydrogen-bond donors (Lipinski definition) is 0. The zero-order valence-corrected chi connectivity index (χ0v) is 42.1. The SMILES string of the molecule is CC(C)CCCCCCCCCCCCCCCOCCCCCCCCCCCCCCCC(C)C.O=P([O-])([O-])[O-].[K+].[K+].[K+]. The van der Waals surface area contributed by atoms with Gasteiger partial charge in [-0.25, -0.2) is 0 Å². The molecular weight excluding hydrogens is 661 g/mol. The number of ether oxygens (including phenoxy) is 1. The smallest absolute Gasteiger partial charge is 0.822 e. The summed E-state index contributed by atoms with van der Waals surface area (Å²) in [5.41, 5.74) is 0. The van der Waals surface area contributed by atoms with E-state index in [1.165, 1.54) is 180 Å². The maximum atomic E-state index is 8.55. The second-order valence-corrected chi connectivity index (χ2v) is 14.5. The van der Waals surface area contributed by atoms with E-state index in [1.54, 1.807) is 0 Å². The Labute approximate surface area is 410 Å². The van der Waals surface area contributed by atoms with Crippen LogP contribution >= 0.6 is 7.82 Å². The van der Waals surface area contributed by atoms with E-state index in [2.05, 4.69) is 27.7 Å². The van der Waals surface area contributed by atoms with E-state index in [0.29, 0.717) is 0 Å². The Morgan fingerprint density at radius 2 is 0.533 bits per heavy atom. The predicted molar refractivity (Wildman–Crippen MR) is 177 cm³/mol. The molecule has 0 fully saturated rings. The van der Waals surface area contributed by atoms with Gasteiger partial charge in [0.25, 0.3) is 0 Å². The van der Waals surface area contributed by atoms with Crippen molar-refractivity contribution in [3.63, 3.8) is 0 Å². The van der Waals surface area contributed by atoms with Crippen molar-refractivity contribution in [3.8, 4) is 0 Å². The second kappa shape index (κ2) is 49.0. The topological polar surface area (TPSA) is 95.5 Å².